The second-order valence-corrected chi connectivity index (χ2v) is 7.87. The second-order valence-electron chi connectivity index (χ2n) is 6.96. The van der Waals surface area contributed by atoms with Gasteiger partial charge < -0.3 is 10.6 Å². The number of hydrogen-bond acceptors (Lipinski definition) is 3. The molecule has 3 atom stereocenters. The number of piperidine rings is 1. The van der Waals surface area contributed by atoms with Crippen LogP contribution in [-0.2, 0) is 0 Å². The van der Waals surface area contributed by atoms with Gasteiger partial charge in [0.25, 0.3) is 5.91 Å². The lowest BCUT2D eigenvalue weighted by molar-refractivity contribution is 0.0713. The number of hydrogen-bond donors (Lipinski definition) is 1. The molecule has 120 valence electrons. The number of nitrogens with two attached hydrogens (primary N) is 1. The third-order valence-corrected chi connectivity index (χ3v) is 6.29. The molecule has 1 aliphatic carbocycles. The molecule has 0 radical (unpaired) electrons. The fourth-order valence-corrected chi connectivity index (χ4v) is 4.81. The molecule has 1 aromatic carbocycles. The number of benzene rings is 1. The van der Waals surface area contributed by atoms with Gasteiger partial charge in [-0.05, 0) is 61.2 Å². The van der Waals surface area contributed by atoms with Crippen molar-refractivity contribution >= 4 is 17.2 Å². The summed E-state index contributed by atoms with van der Waals surface area (Å²) in [6.45, 7) is 5.62. The van der Waals surface area contributed by atoms with E-state index in [1.807, 2.05) is 17.0 Å². The SMILES string of the molecule is Cc1csc(-c2cc(C)ccc2C(=O)N2C[C@H]3C[C@H]3[C@H]2CN)c1. The molecule has 0 unspecified atom stereocenters. The van der Waals surface area contributed by atoms with Crippen molar-refractivity contribution in [2.24, 2.45) is 17.6 Å². The molecule has 4 rings (SSSR count). The zero-order valence-corrected chi connectivity index (χ0v) is 14.4. The predicted octanol–water partition coefficient (Wildman–Crippen LogP) is 3.45. The maximum absolute atomic E-state index is 13.2. The molecule has 0 bridgehead atoms. The zero-order valence-electron chi connectivity index (χ0n) is 13.6. The van der Waals surface area contributed by atoms with Crippen LogP contribution in [0.1, 0.15) is 27.9 Å². The highest BCUT2D eigenvalue weighted by Gasteiger charge is 2.53. The molecule has 1 amide bonds. The Kier molecular flexibility index (Phi) is 3.54. The van der Waals surface area contributed by atoms with Crippen LogP contribution in [0.25, 0.3) is 10.4 Å². The van der Waals surface area contributed by atoms with Crippen LogP contribution in [0.2, 0.25) is 0 Å². The summed E-state index contributed by atoms with van der Waals surface area (Å²) in [4.78, 5) is 16.4. The summed E-state index contributed by atoms with van der Waals surface area (Å²) in [6, 6.07) is 8.54. The van der Waals surface area contributed by atoms with Gasteiger partial charge in [-0.1, -0.05) is 11.6 Å². The Balaban J connectivity index is 1.72. The topological polar surface area (TPSA) is 46.3 Å². The molecule has 1 aromatic heterocycles. The Hall–Kier alpha value is -1.65. The van der Waals surface area contributed by atoms with Crippen molar-refractivity contribution < 1.29 is 4.79 Å². The molecule has 1 saturated carbocycles. The minimum atomic E-state index is 0.147. The van der Waals surface area contributed by atoms with Crippen LogP contribution < -0.4 is 5.73 Å². The molecular formula is C19H22N2OS. The second kappa shape index (κ2) is 5.46. The standard InChI is InChI=1S/C19H22N2OS/c1-11-3-4-14(16(5-11)18-6-12(2)10-23-18)19(22)21-9-13-7-15(13)17(21)8-20/h3-6,10,13,15,17H,7-9,20H2,1-2H3/t13-,15-,17-/m1/s1. The van der Waals surface area contributed by atoms with E-state index in [0.717, 1.165) is 17.7 Å². The van der Waals surface area contributed by atoms with Crippen molar-refractivity contribution in [1.82, 2.24) is 4.90 Å². The Morgan fingerprint density at radius 2 is 2.13 bits per heavy atom. The van der Waals surface area contributed by atoms with E-state index >= 15 is 0 Å². The van der Waals surface area contributed by atoms with Gasteiger partial charge in [-0.15, -0.1) is 11.3 Å². The largest absolute Gasteiger partial charge is 0.334 e. The quantitative estimate of drug-likeness (QED) is 0.939. The van der Waals surface area contributed by atoms with Gasteiger partial charge in [0.05, 0.1) is 0 Å². The lowest BCUT2D eigenvalue weighted by atomic mass is 10.0. The van der Waals surface area contributed by atoms with E-state index in [0.29, 0.717) is 18.4 Å². The highest BCUT2D eigenvalue weighted by Crippen LogP contribution is 2.49. The number of thiophene rings is 1. The van der Waals surface area contributed by atoms with Gasteiger partial charge in [-0.25, -0.2) is 0 Å². The van der Waals surface area contributed by atoms with Crippen LogP contribution >= 0.6 is 11.3 Å². The summed E-state index contributed by atoms with van der Waals surface area (Å²) in [5, 5.41) is 2.14. The van der Waals surface area contributed by atoms with E-state index in [1.54, 1.807) is 11.3 Å². The molecule has 2 aliphatic rings. The fraction of sp³-hybridized carbons (Fsp3) is 0.421. The first-order chi connectivity index (χ1) is 11.1. The van der Waals surface area contributed by atoms with Crippen molar-refractivity contribution in [3.63, 3.8) is 0 Å². The van der Waals surface area contributed by atoms with Crippen LogP contribution in [0.3, 0.4) is 0 Å². The molecule has 2 N–H and O–H groups in total. The first-order valence-electron chi connectivity index (χ1n) is 8.25. The number of carbonyl (C=O) groups excluding carboxylic acids is 1. The Morgan fingerprint density at radius 1 is 1.30 bits per heavy atom. The van der Waals surface area contributed by atoms with Crippen molar-refractivity contribution in [3.05, 3.63) is 46.3 Å². The summed E-state index contributed by atoms with van der Waals surface area (Å²) >= 11 is 1.71. The van der Waals surface area contributed by atoms with Gasteiger partial charge in [0, 0.05) is 35.1 Å². The van der Waals surface area contributed by atoms with E-state index < -0.39 is 0 Å². The third kappa shape index (κ3) is 2.50. The van der Waals surface area contributed by atoms with Gasteiger partial charge in [-0.3, -0.25) is 4.79 Å². The van der Waals surface area contributed by atoms with Gasteiger partial charge in [0.15, 0.2) is 0 Å². The van der Waals surface area contributed by atoms with Gasteiger partial charge in [-0.2, -0.15) is 0 Å². The van der Waals surface area contributed by atoms with Gasteiger partial charge >= 0.3 is 0 Å². The fourth-order valence-electron chi connectivity index (χ4n) is 3.88. The molecule has 2 heterocycles. The molecule has 1 aliphatic heterocycles. The van der Waals surface area contributed by atoms with Crippen LogP contribution in [-0.4, -0.2) is 29.9 Å². The van der Waals surface area contributed by atoms with E-state index in [-0.39, 0.29) is 11.9 Å². The van der Waals surface area contributed by atoms with Gasteiger partial charge in [0.1, 0.15) is 0 Å². The van der Waals surface area contributed by atoms with Crippen LogP contribution in [0, 0.1) is 25.7 Å². The summed E-state index contributed by atoms with van der Waals surface area (Å²) in [5.41, 5.74) is 10.2. The molecule has 3 nitrogen and oxygen atoms in total. The molecule has 2 fully saturated rings. The molecule has 1 saturated heterocycles. The molecule has 2 aromatic rings. The third-order valence-electron chi connectivity index (χ3n) is 5.21. The van der Waals surface area contributed by atoms with Crippen molar-refractivity contribution in [1.29, 1.82) is 0 Å². The van der Waals surface area contributed by atoms with E-state index in [1.165, 1.54) is 22.4 Å². The normalized spacial score (nSPS) is 25.5. The lowest BCUT2D eigenvalue weighted by Gasteiger charge is -2.27. The van der Waals surface area contributed by atoms with E-state index in [4.69, 9.17) is 5.73 Å². The minimum Gasteiger partial charge on any atom is -0.334 e. The van der Waals surface area contributed by atoms with Crippen molar-refractivity contribution in [2.45, 2.75) is 26.3 Å². The zero-order chi connectivity index (χ0) is 16.1. The first-order valence-corrected chi connectivity index (χ1v) is 9.13. The molecule has 0 spiro atoms. The van der Waals surface area contributed by atoms with E-state index in [9.17, 15) is 4.79 Å². The predicted molar refractivity (Wildman–Crippen MR) is 94.7 cm³/mol. The monoisotopic (exact) mass is 326 g/mol. The van der Waals surface area contributed by atoms with E-state index in [2.05, 4.69) is 31.4 Å². The summed E-state index contributed by atoms with van der Waals surface area (Å²) in [6.07, 6.45) is 1.25. The lowest BCUT2D eigenvalue weighted by Crippen LogP contribution is -2.42. The number of fused-ring (bicyclic) bond motifs is 1. The number of carbonyl (C=O) groups is 1. The summed E-state index contributed by atoms with van der Waals surface area (Å²) in [5.74, 6) is 1.47. The Labute approximate surface area is 141 Å². The average molecular weight is 326 g/mol. The van der Waals surface area contributed by atoms with Crippen LogP contribution in [0.4, 0.5) is 0 Å². The maximum atomic E-state index is 13.2. The smallest absolute Gasteiger partial charge is 0.254 e. The highest BCUT2D eigenvalue weighted by molar-refractivity contribution is 7.13. The minimum absolute atomic E-state index is 0.147. The Morgan fingerprint density at radius 3 is 2.83 bits per heavy atom. The van der Waals surface area contributed by atoms with Crippen LogP contribution in [0.5, 0.6) is 0 Å². The van der Waals surface area contributed by atoms with Gasteiger partial charge in [0.2, 0.25) is 0 Å². The van der Waals surface area contributed by atoms with Crippen molar-refractivity contribution in [3.8, 4) is 10.4 Å². The number of amides is 1. The molecule has 4 heteroatoms. The first kappa shape index (κ1) is 14.9. The number of nitrogens with zero attached hydrogens (tertiary/aromatic N) is 1. The molecule has 23 heavy (non-hydrogen) atoms. The number of aryl methyl sites for hydroxylation is 2. The summed E-state index contributed by atoms with van der Waals surface area (Å²) in [7, 11) is 0. The molecular weight excluding hydrogens is 304 g/mol. The summed E-state index contributed by atoms with van der Waals surface area (Å²) < 4.78 is 0. The number of rotatable bonds is 3. The van der Waals surface area contributed by atoms with Crippen LogP contribution in [0.15, 0.2) is 29.6 Å². The number of likely N-dealkylation sites (tertiary alicyclic amines) is 1. The highest BCUT2D eigenvalue weighted by atomic mass is 32.1. The Bertz CT molecular complexity index is 766. The maximum Gasteiger partial charge on any atom is 0.254 e. The van der Waals surface area contributed by atoms with Crippen molar-refractivity contribution in [2.75, 3.05) is 13.1 Å². The average Bonchev–Trinajstić information content (AvgIpc) is 3.01.